The smallest absolute Gasteiger partial charge is 0.341 e. The molecule has 0 amide bonds. The Kier molecular flexibility index (Phi) is 5.74. The zero-order valence-corrected chi connectivity index (χ0v) is 13.5. The van der Waals surface area contributed by atoms with Crippen molar-refractivity contribution in [1.82, 2.24) is 4.90 Å². The molecule has 7 heteroatoms. The molecule has 1 aliphatic heterocycles. The van der Waals surface area contributed by atoms with Gasteiger partial charge in [-0.25, -0.2) is 8.42 Å². The number of benzene rings is 1. The summed E-state index contributed by atoms with van der Waals surface area (Å²) in [5.74, 6) is -3.39. The molecule has 1 fully saturated rings. The number of halogens is 2. The minimum atomic E-state index is -4.58. The third kappa shape index (κ3) is 3.76. The minimum Gasteiger partial charge on any atom is -0.369 e. The predicted molar refractivity (Wildman–Crippen MR) is 83.2 cm³/mol. The molecule has 1 heterocycles. The quantitative estimate of drug-likeness (QED) is 0.831. The van der Waals surface area contributed by atoms with Crippen LogP contribution in [0.3, 0.4) is 0 Å². The maximum Gasteiger partial charge on any atom is 0.341 e. The standard InChI is InChI=1S/C15H22F2N2O2S/c1-2-8-18-9-5-10-19(12-11-18)13-6-3-4-7-14(13)22(20,21)15(16)17/h3-4,6-7,15H,2,5,8-12H2,1H3. The molecule has 0 spiro atoms. The average Bonchev–Trinajstić information content (AvgIpc) is 2.73. The Labute approximate surface area is 130 Å². The van der Waals surface area contributed by atoms with Gasteiger partial charge in [0, 0.05) is 19.6 Å². The van der Waals surface area contributed by atoms with Crippen LogP contribution < -0.4 is 4.90 Å². The number of nitrogens with zero attached hydrogens (tertiary/aromatic N) is 2. The van der Waals surface area contributed by atoms with Crippen molar-refractivity contribution in [1.29, 1.82) is 0 Å². The van der Waals surface area contributed by atoms with E-state index in [9.17, 15) is 17.2 Å². The van der Waals surface area contributed by atoms with E-state index in [4.69, 9.17) is 0 Å². The van der Waals surface area contributed by atoms with E-state index in [0.717, 1.165) is 32.5 Å². The molecule has 0 atom stereocenters. The van der Waals surface area contributed by atoms with Gasteiger partial charge >= 0.3 is 5.76 Å². The summed E-state index contributed by atoms with van der Waals surface area (Å²) < 4.78 is 49.5. The Morgan fingerprint density at radius 2 is 1.86 bits per heavy atom. The number of rotatable bonds is 5. The highest BCUT2D eigenvalue weighted by atomic mass is 32.2. The summed E-state index contributed by atoms with van der Waals surface area (Å²) in [6.45, 7) is 6.22. The van der Waals surface area contributed by atoms with E-state index in [1.165, 1.54) is 12.1 Å². The predicted octanol–water partition coefficient (Wildman–Crippen LogP) is 2.61. The van der Waals surface area contributed by atoms with E-state index < -0.39 is 15.6 Å². The Bertz CT molecular complexity index is 593. The van der Waals surface area contributed by atoms with Gasteiger partial charge < -0.3 is 9.80 Å². The summed E-state index contributed by atoms with van der Waals surface area (Å²) in [4.78, 5) is 3.96. The SMILES string of the molecule is CCCN1CCCN(c2ccccc2S(=O)(=O)C(F)F)CC1. The highest BCUT2D eigenvalue weighted by Gasteiger charge is 2.30. The molecule has 0 unspecified atom stereocenters. The summed E-state index contributed by atoms with van der Waals surface area (Å²) in [7, 11) is -4.58. The third-order valence-electron chi connectivity index (χ3n) is 3.88. The van der Waals surface area contributed by atoms with Gasteiger partial charge in [0.2, 0.25) is 9.84 Å². The summed E-state index contributed by atoms with van der Waals surface area (Å²) in [5.41, 5.74) is 0.390. The topological polar surface area (TPSA) is 40.6 Å². The fourth-order valence-electron chi connectivity index (χ4n) is 2.81. The number of para-hydroxylation sites is 1. The van der Waals surface area contributed by atoms with Crippen LogP contribution in [-0.2, 0) is 9.84 Å². The van der Waals surface area contributed by atoms with E-state index in [0.29, 0.717) is 18.8 Å². The van der Waals surface area contributed by atoms with Crippen LogP contribution in [0.5, 0.6) is 0 Å². The van der Waals surface area contributed by atoms with Gasteiger partial charge in [0.05, 0.1) is 10.6 Å². The van der Waals surface area contributed by atoms with Gasteiger partial charge in [-0.15, -0.1) is 0 Å². The van der Waals surface area contributed by atoms with Crippen molar-refractivity contribution >= 4 is 15.5 Å². The number of alkyl halides is 2. The normalized spacial score (nSPS) is 17.7. The monoisotopic (exact) mass is 332 g/mol. The van der Waals surface area contributed by atoms with E-state index in [-0.39, 0.29) is 4.90 Å². The molecule has 0 aromatic heterocycles. The van der Waals surface area contributed by atoms with E-state index >= 15 is 0 Å². The van der Waals surface area contributed by atoms with Crippen LogP contribution in [0.1, 0.15) is 19.8 Å². The molecule has 1 aromatic rings. The number of hydrogen-bond acceptors (Lipinski definition) is 4. The molecule has 1 saturated heterocycles. The molecule has 124 valence electrons. The van der Waals surface area contributed by atoms with Crippen molar-refractivity contribution in [3.63, 3.8) is 0 Å². The molecule has 0 N–H and O–H groups in total. The van der Waals surface area contributed by atoms with Crippen LogP contribution >= 0.6 is 0 Å². The van der Waals surface area contributed by atoms with Gasteiger partial charge in [-0.1, -0.05) is 19.1 Å². The highest BCUT2D eigenvalue weighted by molar-refractivity contribution is 7.91. The van der Waals surface area contributed by atoms with Crippen LogP contribution in [0.25, 0.3) is 0 Å². The van der Waals surface area contributed by atoms with Crippen LogP contribution in [0.15, 0.2) is 29.2 Å². The Morgan fingerprint density at radius 3 is 2.55 bits per heavy atom. The fourth-order valence-corrected chi connectivity index (χ4v) is 3.76. The first-order chi connectivity index (χ1) is 10.5. The lowest BCUT2D eigenvalue weighted by atomic mass is 10.2. The largest absolute Gasteiger partial charge is 0.369 e. The molecule has 0 radical (unpaired) electrons. The van der Waals surface area contributed by atoms with Crippen molar-refractivity contribution in [3.8, 4) is 0 Å². The average molecular weight is 332 g/mol. The zero-order valence-electron chi connectivity index (χ0n) is 12.7. The first-order valence-electron chi connectivity index (χ1n) is 7.55. The maximum atomic E-state index is 12.9. The highest BCUT2D eigenvalue weighted by Crippen LogP contribution is 2.29. The van der Waals surface area contributed by atoms with E-state index in [2.05, 4.69) is 11.8 Å². The van der Waals surface area contributed by atoms with Gasteiger partial charge in [-0.05, 0) is 38.1 Å². The Balaban J connectivity index is 2.26. The molecule has 0 aliphatic carbocycles. The second kappa shape index (κ2) is 7.37. The second-order valence-electron chi connectivity index (χ2n) is 5.46. The van der Waals surface area contributed by atoms with Crippen LogP contribution in [0.2, 0.25) is 0 Å². The summed E-state index contributed by atoms with van der Waals surface area (Å²) >= 11 is 0. The molecule has 0 saturated carbocycles. The Morgan fingerprint density at radius 1 is 1.14 bits per heavy atom. The van der Waals surface area contributed by atoms with Crippen LogP contribution in [0, 0.1) is 0 Å². The van der Waals surface area contributed by atoms with Gasteiger partial charge in [-0.3, -0.25) is 0 Å². The lowest BCUT2D eigenvalue weighted by molar-refractivity contribution is 0.235. The van der Waals surface area contributed by atoms with Crippen molar-refractivity contribution in [3.05, 3.63) is 24.3 Å². The van der Waals surface area contributed by atoms with Crippen molar-refractivity contribution in [2.75, 3.05) is 37.6 Å². The van der Waals surface area contributed by atoms with Crippen molar-refractivity contribution in [2.45, 2.75) is 30.4 Å². The molecule has 2 rings (SSSR count). The number of anilines is 1. The van der Waals surface area contributed by atoms with Crippen LogP contribution in [0.4, 0.5) is 14.5 Å². The first-order valence-corrected chi connectivity index (χ1v) is 9.10. The molecular weight excluding hydrogens is 310 g/mol. The number of hydrogen-bond donors (Lipinski definition) is 0. The summed E-state index contributed by atoms with van der Waals surface area (Å²) in [5, 5.41) is 0. The molecule has 4 nitrogen and oxygen atoms in total. The second-order valence-corrected chi connectivity index (χ2v) is 7.34. The molecule has 0 bridgehead atoms. The minimum absolute atomic E-state index is 0.269. The van der Waals surface area contributed by atoms with Gasteiger partial charge in [0.25, 0.3) is 0 Å². The lowest BCUT2D eigenvalue weighted by Crippen LogP contribution is -2.32. The maximum absolute atomic E-state index is 12.9. The van der Waals surface area contributed by atoms with E-state index in [1.54, 1.807) is 12.1 Å². The lowest BCUT2D eigenvalue weighted by Gasteiger charge is -2.25. The van der Waals surface area contributed by atoms with Crippen molar-refractivity contribution in [2.24, 2.45) is 0 Å². The zero-order chi connectivity index (χ0) is 16.2. The van der Waals surface area contributed by atoms with Gasteiger partial charge in [0.15, 0.2) is 0 Å². The fraction of sp³-hybridized carbons (Fsp3) is 0.600. The van der Waals surface area contributed by atoms with Gasteiger partial charge in [0.1, 0.15) is 0 Å². The molecular formula is C15H22F2N2O2S. The third-order valence-corrected chi connectivity index (χ3v) is 5.30. The van der Waals surface area contributed by atoms with Crippen LogP contribution in [-0.4, -0.2) is 51.8 Å². The molecule has 22 heavy (non-hydrogen) atoms. The molecule has 1 aromatic carbocycles. The summed E-state index contributed by atoms with van der Waals surface area (Å²) in [6, 6.07) is 6.06. The summed E-state index contributed by atoms with van der Waals surface area (Å²) in [6.07, 6.45) is 1.96. The first kappa shape index (κ1) is 17.1. The molecule has 1 aliphatic rings. The van der Waals surface area contributed by atoms with Gasteiger partial charge in [-0.2, -0.15) is 8.78 Å². The van der Waals surface area contributed by atoms with Crippen molar-refractivity contribution < 1.29 is 17.2 Å². The number of sulfone groups is 1. The Hall–Kier alpha value is -1.21. The van der Waals surface area contributed by atoms with E-state index in [1.807, 2.05) is 4.90 Å².